The first-order valence-electron chi connectivity index (χ1n) is 5.14. The molecule has 13 heavy (non-hydrogen) atoms. The normalized spacial score (nSPS) is 18.5. The van der Waals surface area contributed by atoms with Crippen molar-refractivity contribution in [2.24, 2.45) is 0 Å². The van der Waals surface area contributed by atoms with Crippen LogP contribution in [0.15, 0.2) is 30.3 Å². The second-order valence-corrected chi connectivity index (χ2v) is 3.93. The molecule has 1 aromatic rings. The minimum Gasteiger partial charge on any atom is -0.316 e. The van der Waals surface area contributed by atoms with E-state index in [-0.39, 0.29) is 0 Å². The molecule has 1 aromatic carbocycles. The van der Waals surface area contributed by atoms with Crippen LogP contribution < -0.4 is 5.32 Å². The van der Waals surface area contributed by atoms with Gasteiger partial charge in [-0.1, -0.05) is 37.3 Å². The van der Waals surface area contributed by atoms with E-state index in [1.165, 1.54) is 18.4 Å². The summed E-state index contributed by atoms with van der Waals surface area (Å²) in [7, 11) is 0. The largest absolute Gasteiger partial charge is 0.316 e. The SMILES string of the molecule is CCNCC1(c2ccccc2)CC1. The Hall–Kier alpha value is -0.820. The standard InChI is InChI=1S/C12H17N/c1-2-13-10-12(8-9-12)11-6-4-3-5-7-11/h3-7,13H,2,8-10H2,1H3. The number of nitrogens with one attached hydrogen (secondary N) is 1. The number of hydrogen-bond acceptors (Lipinski definition) is 1. The third-order valence-electron chi connectivity index (χ3n) is 2.95. The fourth-order valence-electron chi connectivity index (χ4n) is 1.87. The Balaban J connectivity index is 2.07. The van der Waals surface area contributed by atoms with Gasteiger partial charge in [-0.3, -0.25) is 0 Å². The van der Waals surface area contributed by atoms with Crippen LogP contribution in [0.1, 0.15) is 25.3 Å². The highest BCUT2D eigenvalue weighted by Gasteiger charge is 2.43. The second kappa shape index (κ2) is 3.51. The van der Waals surface area contributed by atoms with Crippen molar-refractivity contribution in [2.45, 2.75) is 25.2 Å². The zero-order valence-electron chi connectivity index (χ0n) is 8.22. The maximum atomic E-state index is 3.45. The highest BCUT2D eigenvalue weighted by molar-refractivity contribution is 5.31. The van der Waals surface area contributed by atoms with E-state index in [0.29, 0.717) is 5.41 Å². The van der Waals surface area contributed by atoms with E-state index in [2.05, 4.69) is 42.6 Å². The van der Waals surface area contributed by atoms with Crippen LogP contribution in [0, 0.1) is 0 Å². The van der Waals surface area contributed by atoms with Crippen LogP contribution in [-0.2, 0) is 5.41 Å². The molecule has 0 radical (unpaired) electrons. The average Bonchev–Trinajstić information content (AvgIpc) is 2.97. The fourth-order valence-corrected chi connectivity index (χ4v) is 1.87. The lowest BCUT2D eigenvalue weighted by Crippen LogP contribution is -2.26. The first kappa shape index (κ1) is 8.76. The molecule has 1 heteroatoms. The third kappa shape index (κ3) is 1.75. The van der Waals surface area contributed by atoms with E-state index in [0.717, 1.165) is 13.1 Å². The summed E-state index contributed by atoms with van der Waals surface area (Å²) in [5.41, 5.74) is 1.99. The molecular formula is C12H17N. The minimum absolute atomic E-state index is 0.483. The monoisotopic (exact) mass is 175 g/mol. The van der Waals surface area contributed by atoms with E-state index in [1.807, 2.05) is 0 Å². The molecule has 0 aromatic heterocycles. The summed E-state index contributed by atoms with van der Waals surface area (Å²) in [5.74, 6) is 0. The van der Waals surface area contributed by atoms with Gasteiger partial charge in [0.15, 0.2) is 0 Å². The van der Waals surface area contributed by atoms with Crippen LogP contribution in [0.3, 0.4) is 0 Å². The van der Waals surface area contributed by atoms with Gasteiger partial charge in [-0.15, -0.1) is 0 Å². The van der Waals surface area contributed by atoms with E-state index >= 15 is 0 Å². The maximum absolute atomic E-state index is 3.45. The van der Waals surface area contributed by atoms with Crippen molar-refractivity contribution >= 4 is 0 Å². The smallest absolute Gasteiger partial charge is 0.00784 e. The van der Waals surface area contributed by atoms with Crippen LogP contribution in [-0.4, -0.2) is 13.1 Å². The molecule has 70 valence electrons. The van der Waals surface area contributed by atoms with Gasteiger partial charge in [-0.25, -0.2) is 0 Å². The predicted octanol–water partition coefficient (Wildman–Crippen LogP) is 2.33. The highest BCUT2D eigenvalue weighted by Crippen LogP contribution is 2.47. The molecule has 1 aliphatic rings. The first-order chi connectivity index (χ1) is 6.37. The van der Waals surface area contributed by atoms with E-state index < -0.39 is 0 Å². The predicted molar refractivity (Wildman–Crippen MR) is 55.9 cm³/mol. The van der Waals surface area contributed by atoms with Crippen molar-refractivity contribution in [1.29, 1.82) is 0 Å². The van der Waals surface area contributed by atoms with Gasteiger partial charge in [0.1, 0.15) is 0 Å². The second-order valence-electron chi connectivity index (χ2n) is 3.93. The van der Waals surface area contributed by atoms with Crippen molar-refractivity contribution in [3.8, 4) is 0 Å². The molecule has 0 aliphatic heterocycles. The van der Waals surface area contributed by atoms with Crippen LogP contribution in [0.4, 0.5) is 0 Å². The molecule has 0 spiro atoms. The molecule has 1 saturated carbocycles. The molecule has 2 rings (SSSR count). The van der Waals surface area contributed by atoms with Crippen molar-refractivity contribution in [2.75, 3.05) is 13.1 Å². The molecule has 1 N–H and O–H groups in total. The molecule has 1 aliphatic carbocycles. The minimum atomic E-state index is 0.483. The molecule has 0 atom stereocenters. The summed E-state index contributed by atoms with van der Waals surface area (Å²) in [6.45, 7) is 4.39. The molecular weight excluding hydrogens is 158 g/mol. The third-order valence-corrected chi connectivity index (χ3v) is 2.95. The van der Waals surface area contributed by atoms with E-state index in [1.54, 1.807) is 0 Å². The van der Waals surface area contributed by atoms with Gasteiger partial charge in [-0.05, 0) is 24.9 Å². The maximum Gasteiger partial charge on any atom is 0.00784 e. The van der Waals surface area contributed by atoms with Gasteiger partial charge in [0.2, 0.25) is 0 Å². The van der Waals surface area contributed by atoms with Gasteiger partial charge in [0.05, 0.1) is 0 Å². The lowest BCUT2D eigenvalue weighted by atomic mass is 9.96. The van der Waals surface area contributed by atoms with Gasteiger partial charge >= 0.3 is 0 Å². The molecule has 1 fully saturated rings. The van der Waals surface area contributed by atoms with Crippen LogP contribution in [0.25, 0.3) is 0 Å². The van der Waals surface area contributed by atoms with Gasteiger partial charge < -0.3 is 5.32 Å². The fraction of sp³-hybridized carbons (Fsp3) is 0.500. The zero-order chi connectivity index (χ0) is 9.15. The van der Waals surface area contributed by atoms with Crippen molar-refractivity contribution < 1.29 is 0 Å². The average molecular weight is 175 g/mol. The van der Waals surface area contributed by atoms with Crippen molar-refractivity contribution in [3.05, 3.63) is 35.9 Å². The summed E-state index contributed by atoms with van der Waals surface area (Å²) < 4.78 is 0. The Labute approximate surface area is 80.2 Å². The van der Waals surface area contributed by atoms with E-state index in [4.69, 9.17) is 0 Å². The Kier molecular flexibility index (Phi) is 2.36. The van der Waals surface area contributed by atoms with Crippen LogP contribution in [0.2, 0.25) is 0 Å². The first-order valence-corrected chi connectivity index (χ1v) is 5.14. The Morgan fingerprint density at radius 3 is 2.46 bits per heavy atom. The molecule has 0 heterocycles. The van der Waals surface area contributed by atoms with Gasteiger partial charge in [0, 0.05) is 12.0 Å². The quantitative estimate of drug-likeness (QED) is 0.740. The summed E-state index contributed by atoms with van der Waals surface area (Å²) >= 11 is 0. The molecule has 0 bridgehead atoms. The number of likely N-dealkylation sites (N-methyl/N-ethyl adjacent to an activating group) is 1. The van der Waals surface area contributed by atoms with Crippen molar-refractivity contribution in [1.82, 2.24) is 5.32 Å². The molecule has 0 amide bonds. The number of rotatable bonds is 4. The van der Waals surface area contributed by atoms with Crippen LogP contribution in [0.5, 0.6) is 0 Å². The summed E-state index contributed by atoms with van der Waals surface area (Å²) in [4.78, 5) is 0. The Bertz CT molecular complexity index is 262. The summed E-state index contributed by atoms with van der Waals surface area (Å²) in [6, 6.07) is 10.9. The molecule has 0 saturated heterocycles. The number of hydrogen-bond donors (Lipinski definition) is 1. The zero-order valence-corrected chi connectivity index (χ0v) is 8.22. The topological polar surface area (TPSA) is 12.0 Å². The highest BCUT2D eigenvalue weighted by atomic mass is 14.9. The van der Waals surface area contributed by atoms with Crippen molar-refractivity contribution in [3.63, 3.8) is 0 Å². The summed E-state index contributed by atoms with van der Waals surface area (Å²) in [5, 5.41) is 3.45. The number of benzene rings is 1. The van der Waals surface area contributed by atoms with Gasteiger partial charge in [-0.2, -0.15) is 0 Å². The Morgan fingerprint density at radius 1 is 1.23 bits per heavy atom. The molecule has 0 unspecified atom stereocenters. The van der Waals surface area contributed by atoms with E-state index in [9.17, 15) is 0 Å². The van der Waals surface area contributed by atoms with Gasteiger partial charge in [0.25, 0.3) is 0 Å². The Morgan fingerprint density at radius 2 is 1.92 bits per heavy atom. The summed E-state index contributed by atoms with van der Waals surface area (Å²) in [6.07, 6.45) is 2.70. The lowest BCUT2D eigenvalue weighted by Gasteiger charge is -2.15. The van der Waals surface area contributed by atoms with Crippen LogP contribution >= 0.6 is 0 Å². The lowest BCUT2D eigenvalue weighted by molar-refractivity contribution is 0.591. The molecule has 1 nitrogen and oxygen atoms in total.